The lowest BCUT2D eigenvalue weighted by Gasteiger charge is -2.32. The fraction of sp³-hybridized carbons (Fsp3) is 0.227. The average Bonchev–Trinajstić information content (AvgIpc) is 2.73. The molecule has 4 rings (SSSR count). The van der Waals surface area contributed by atoms with E-state index in [9.17, 15) is 9.59 Å². The van der Waals surface area contributed by atoms with Gasteiger partial charge < -0.3 is 4.90 Å². The number of aromatic nitrogens is 1. The van der Waals surface area contributed by atoms with Gasteiger partial charge in [0.25, 0.3) is 5.91 Å². The summed E-state index contributed by atoms with van der Waals surface area (Å²) >= 11 is 0. The summed E-state index contributed by atoms with van der Waals surface area (Å²) in [5.74, 6) is -0.0703. The minimum atomic E-state index is -0.148. The molecule has 1 aliphatic rings. The van der Waals surface area contributed by atoms with E-state index in [0.717, 1.165) is 29.2 Å². The monoisotopic (exact) mass is 344 g/mol. The van der Waals surface area contributed by atoms with Gasteiger partial charge in [-0.3, -0.25) is 14.6 Å². The highest BCUT2D eigenvalue weighted by Gasteiger charge is 2.29. The number of carbonyl (C=O) groups excluding carboxylic acids is 2. The molecule has 4 nitrogen and oxygen atoms in total. The molecule has 0 saturated carbocycles. The van der Waals surface area contributed by atoms with Crippen LogP contribution >= 0.6 is 0 Å². The first kappa shape index (κ1) is 16.5. The van der Waals surface area contributed by atoms with E-state index in [2.05, 4.69) is 4.98 Å². The summed E-state index contributed by atoms with van der Waals surface area (Å²) in [4.78, 5) is 31.5. The van der Waals surface area contributed by atoms with E-state index < -0.39 is 0 Å². The smallest absolute Gasteiger partial charge is 0.255 e. The first-order valence-electron chi connectivity index (χ1n) is 8.95. The number of hydrogen-bond acceptors (Lipinski definition) is 3. The summed E-state index contributed by atoms with van der Waals surface area (Å²) in [6, 6.07) is 17.4. The van der Waals surface area contributed by atoms with E-state index in [0.29, 0.717) is 18.7 Å². The largest absolute Gasteiger partial charge is 0.338 e. The molecule has 0 spiro atoms. The third-order valence-electron chi connectivity index (χ3n) is 5.02. The molecule has 2 heterocycles. The van der Waals surface area contributed by atoms with Crippen LogP contribution in [0.5, 0.6) is 0 Å². The van der Waals surface area contributed by atoms with Gasteiger partial charge in [0.1, 0.15) is 0 Å². The van der Waals surface area contributed by atoms with Crippen molar-refractivity contribution in [1.82, 2.24) is 9.88 Å². The van der Waals surface area contributed by atoms with E-state index in [1.165, 1.54) is 0 Å². The molecule has 0 aliphatic carbocycles. The second kappa shape index (κ2) is 7.08. The lowest BCUT2D eigenvalue weighted by molar-refractivity contribution is 0.0636. The van der Waals surface area contributed by atoms with E-state index in [4.69, 9.17) is 0 Å². The molecule has 26 heavy (non-hydrogen) atoms. The molecule has 130 valence electrons. The minimum absolute atomic E-state index is 0.0471. The third-order valence-corrected chi connectivity index (χ3v) is 5.02. The number of hydrogen-bond donors (Lipinski definition) is 0. The maximum atomic E-state index is 13.0. The Labute approximate surface area is 152 Å². The van der Waals surface area contributed by atoms with Crippen molar-refractivity contribution in [3.63, 3.8) is 0 Å². The zero-order valence-electron chi connectivity index (χ0n) is 14.5. The van der Waals surface area contributed by atoms with Crippen molar-refractivity contribution in [2.45, 2.75) is 12.8 Å². The lowest BCUT2D eigenvalue weighted by atomic mass is 9.89. The van der Waals surface area contributed by atoms with Gasteiger partial charge >= 0.3 is 0 Å². The Morgan fingerprint density at radius 2 is 1.81 bits per heavy atom. The standard InChI is InChI=1S/C22H20N2O2/c25-21(18-10-9-16-5-1-2-6-17(16)13-18)20-8-4-12-24(15-20)22(26)19-7-3-11-23-14-19/h1-3,5-7,9-11,13-14,20H,4,8,12,15H2/t20-/m1/s1. The third kappa shape index (κ3) is 3.23. The van der Waals surface area contributed by atoms with Crippen molar-refractivity contribution in [2.75, 3.05) is 13.1 Å². The predicted octanol–water partition coefficient (Wildman–Crippen LogP) is 3.97. The Morgan fingerprint density at radius 3 is 2.62 bits per heavy atom. The van der Waals surface area contributed by atoms with E-state index in [1.54, 1.807) is 29.4 Å². The summed E-state index contributed by atoms with van der Waals surface area (Å²) in [7, 11) is 0. The molecular weight excluding hydrogens is 324 g/mol. The van der Waals surface area contributed by atoms with Crippen molar-refractivity contribution in [2.24, 2.45) is 5.92 Å². The predicted molar refractivity (Wildman–Crippen MR) is 101 cm³/mol. The van der Waals surface area contributed by atoms with E-state index in [1.807, 2.05) is 42.5 Å². The SMILES string of the molecule is O=C(c1ccc2ccccc2c1)[C@@H]1CCCN(C(=O)c2cccnc2)C1. The number of benzene rings is 2. The number of Topliss-reactive ketones (excluding diaryl/α,β-unsaturated/α-hetero) is 1. The van der Waals surface area contributed by atoms with Crippen molar-refractivity contribution >= 4 is 22.5 Å². The number of nitrogens with zero attached hydrogens (tertiary/aromatic N) is 2. The van der Waals surface area contributed by atoms with Crippen LogP contribution in [0.1, 0.15) is 33.6 Å². The highest BCUT2D eigenvalue weighted by atomic mass is 16.2. The van der Waals surface area contributed by atoms with Gasteiger partial charge in [-0.05, 0) is 41.8 Å². The molecule has 3 aromatic rings. The molecule has 1 saturated heterocycles. The van der Waals surface area contributed by atoms with Crippen LogP contribution in [0.15, 0.2) is 67.0 Å². The van der Waals surface area contributed by atoms with Gasteiger partial charge in [0.15, 0.2) is 5.78 Å². The van der Waals surface area contributed by atoms with Gasteiger partial charge in [-0.2, -0.15) is 0 Å². The van der Waals surface area contributed by atoms with Gasteiger partial charge in [0, 0.05) is 37.0 Å². The Morgan fingerprint density at radius 1 is 0.962 bits per heavy atom. The summed E-state index contributed by atoms with van der Waals surface area (Å²) in [6.07, 6.45) is 4.90. The van der Waals surface area contributed by atoms with Crippen LogP contribution in [-0.2, 0) is 0 Å². The lowest BCUT2D eigenvalue weighted by Crippen LogP contribution is -2.42. The van der Waals surface area contributed by atoms with Crippen LogP contribution in [-0.4, -0.2) is 34.7 Å². The minimum Gasteiger partial charge on any atom is -0.338 e. The zero-order valence-corrected chi connectivity index (χ0v) is 14.5. The Bertz CT molecular complexity index is 953. The van der Waals surface area contributed by atoms with Crippen LogP contribution in [0.3, 0.4) is 0 Å². The molecule has 0 N–H and O–H groups in total. The maximum Gasteiger partial charge on any atom is 0.255 e. The molecule has 4 heteroatoms. The first-order chi connectivity index (χ1) is 12.7. The zero-order chi connectivity index (χ0) is 17.9. The van der Waals surface area contributed by atoms with Crippen LogP contribution in [0, 0.1) is 5.92 Å². The maximum absolute atomic E-state index is 13.0. The number of piperidine rings is 1. The quantitative estimate of drug-likeness (QED) is 0.676. The molecule has 0 unspecified atom stereocenters. The topological polar surface area (TPSA) is 50.3 Å². The number of rotatable bonds is 3. The van der Waals surface area contributed by atoms with Crippen LogP contribution < -0.4 is 0 Å². The van der Waals surface area contributed by atoms with Gasteiger partial charge in [-0.1, -0.05) is 36.4 Å². The molecule has 1 atom stereocenters. The Balaban J connectivity index is 1.53. The number of carbonyl (C=O) groups is 2. The van der Waals surface area contributed by atoms with Crippen LogP contribution in [0.2, 0.25) is 0 Å². The number of amides is 1. The number of fused-ring (bicyclic) bond motifs is 1. The molecule has 1 aromatic heterocycles. The summed E-state index contributed by atoms with van der Waals surface area (Å²) in [5, 5.41) is 2.19. The molecule has 1 amide bonds. The molecular formula is C22H20N2O2. The van der Waals surface area contributed by atoms with Crippen molar-refractivity contribution in [1.29, 1.82) is 0 Å². The van der Waals surface area contributed by atoms with Crippen LogP contribution in [0.25, 0.3) is 10.8 Å². The second-order valence-electron chi connectivity index (χ2n) is 6.76. The number of pyridine rings is 1. The first-order valence-corrected chi connectivity index (χ1v) is 8.95. The normalized spacial score (nSPS) is 17.2. The highest BCUT2D eigenvalue weighted by molar-refractivity contribution is 6.02. The number of likely N-dealkylation sites (tertiary alicyclic amines) is 1. The van der Waals surface area contributed by atoms with Crippen molar-refractivity contribution in [3.05, 3.63) is 78.1 Å². The van der Waals surface area contributed by atoms with E-state index in [-0.39, 0.29) is 17.6 Å². The Hall–Kier alpha value is -3.01. The van der Waals surface area contributed by atoms with E-state index >= 15 is 0 Å². The molecule has 1 fully saturated rings. The summed E-state index contributed by atoms with van der Waals surface area (Å²) in [5.41, 5.74) is 1.30. The second-order valence-corrected chi connectivity index (χ2v) is 6.76. The highest BCUT2D eigenvalue weighted by Crippen LogP contribution is 2.24. The number of ketones is 1. The average molecular weight is 344 g/mol. The molecule has 0 radical (unpaired) electrons. The molecule has 2 aromatic carbocycles. The Kier molecular flexibility index (Phi) is 4.48. The van der Waals surface area contributed by atoms with Crippen LogP contribution in [0.4, 0.5) is 0 Å². The fourth-order valence-corrected chi connectivity index (χ4v) is 3.63. The van der Waals surface area contributed by atoms with Gasteiger partial charge in [0.2, 0.25) is 0 Å². The van der Waals surface area contributed by atoms with Gasteiger partial charge in [0.05, 0.1) is 5.56 Å². The van der Waals surface area contributed by atoms with Crippen molar-refractivity contribution < 1.29 is 9.59 Å². The fourth-order valence-electron chi connectivity index (χ4n) is 3.63. The molecule has 0 bridgehead atoms. The van der Waals surface area contributed by atoms with Crippen molar-refractivity contribution in [3.8, 4) is 0 Å². The molecule has 1 aliphatic heterocycles. The van der Waals surface area contributed by atoms with Gasteiger partial charge in [-0.25, -0.2) is 0 Å². The summed E-state index contributed by atoms with van der Waals surface area (Å²) in [6.45, 7) is 1.16. The van der Waals surface area contributed by atoms with Gasteiger partial charge in [-0.15, -0.1) is 0 Å². The summed E-state index contributed by atoms with van der Waals surface area (Å²) < 4.78 is 0.